The van der Waals surface area contributed by atoms with E-state index in [0.29, 0.717) is 24.1 Å². The smallest absolute Gasteiger partial charge is 0.246 e. The monoisotopic (exact) mass is 580 g/mol. The summed E-state index contributed by atoms with van der Waals surface area (Å²) in [6.45, 7) is 4.33. The summed E-state index contributed by atoms with van der Waals surface area (Å²) in [4.78, 5) is 28.7. The molecule has 2 fully saturated rings. The van der Waals surface area contributed by atoms with Gasteiger partial charge in [0.05, 0.1) is 11.4 Å². The quantitative estimate of drug-likeness (QED) is 0.301. The van der Waals surface area contributed by atoms with Gasteiger partial charge in [-0.05, 0) is 89.3 Å². The molecule has 2 aromatic heterocycles. The number of nitrogen functional groups attached to an aromatic ring is 1. The molecular formula is C33H40N8O2. The van der Waals surface area contributed by atoms with E-state index in [-0.39, 0.29) is 11.9 Å². The molecule has 2 N–H and O–H groups in total. The van der Waals surface area contributed by atoms with Crippen LogP contribution in [0.25, 0.3) is 22.3 Å². The lowest BCUT2D eigenvalue weighted by Gasteiger charge is -2.34. The zero-order valence-corrected chi connectivity index (χ0v) is 25.0. The molecule has 2 aromatic carbocycles. The van der Waals surface area contributed by atoms with Crippen LogP contribution in [0, 0.1) is 0 Å². The van der Waals surface area contributed by atoms with E-state index >= 15 is 0 Å². The number of carbonyl (C=O) groups is 1. The summed E-state index contributed by atoms with van der Waals surface area (Å²) < 4.78 is 7.91. The van der Waals surface area contributed by atoms with E-state index in [4.69, 9.17) is 15.6 Å². The fraction of sp³-hybridized carbons (Fsp3) is 0.394. The largest absolute Gasteiger partial charge is 0.457 e. The van der Waals surface area contributed by atoms with Crippen LogP contribution in [0.3, 0.4) is 0 Å². The number of fused-ring (bicyclic) bond motifs is 1. The van der Waals surface area contributed by atoms with Crippen LogP contribution in [-0.2, 0) is 4.79 Å². The van der Waals surface area contributed by atoms with Gasteiger partial charge in [-0.15, -0.1) is 0 Å². The number of carbonyl (C=O) groups excluding carboxylic acids is 1. The summed E-state index contributed by atoms with van der Waals surface area (Å²) in [5.74, 6) is 1.94. The summed E-state index contributed by atoms with van der Waals surface area (Å²) in [5.41, 5.74) is 8.67. The van der Waals surface area contributed by atoms with Gasteiger partial charge in [-0.1, -0.05) is 24.3 Å². The van der Waals surface area contributed by atoms with E-state index in [1.54, 1.807) is 6.08 Å². The Bertz CT molecular complexity index is 1560. The van der Waals surface area contributed by atoms with Gasteiger partial charge in [0.1, 0.15) is 29.3 Å². The van der Waals surface area contributed by atoms with Gasteiger partial charge in [-0.25, -0.2) is 14.6 Å². The van der Waals surface area contributed by atoms with Crippen LogP contribution in [0.4, 0.5) is 5.82 Å². The SMILES string of the molecule is CN1CCC(N(C)C/C=C/C(=O)N2CCC[C@@H](n3nc(-c4ccc(Oc5ccccc5)cc4)c4c(N)ncnc43)C2)CC1. The Morgan fingerprint density at radius 1 is 1.02 bits per heavy atom. The summed E-state index contributed by atoms with van der Waals surface area (Å²) >= 11 is 0. The molecule has 10 heteroatoms. The molecule has 4 heterocycles. The lowest BCUT2D eigenvalue weighted by molar-refractivity contribution is -0.127. The van der Waals surface area contributed by atoms with Gasteiger partial charge in [-0.2, -0.15) is 5.10 Å². The fourth-order valence-electron chi connectivity index (χ4n) is 6.12. The number of ether oxygens (including phenoxy) is 1. The Morgan fingerprint density at radius 3 is 2.53 bits per heavy atom. The van der Waals surface area contributed by atoms with Gasteiger partial charge in [0, 0.05) is 37.3 Å². The van der Waals surface area contributed by atoms with Crippen molar-refractivity contribution in [2.75, 3.05) is 52.6 Å². The second kappa shape index (κ2) is 12.9. The molecule has 2 saturated heterocycles. The minimum absolute atomic E-state index is 0.0146. The Morgan fingerprint density at radius 2 is 1.77 bits per heavy atom. The maximum Gasteiger partial charge on any atom is 0.246 e. The molecule has 6 rings (SSSR count). The molecule has 0 unspecified atom stereocenters. The number of hydrogen-bond donors (Lipinski definition) is 1. The summed E-state index contributed by atoms with van der Waals surface area (Å²) in [7, 11) is 4.33. The number of piperidine rings is 2. The second-order valence-electron chi connectivity index (χ2n) is 11.6. The topological polar surface area (TPSA) is 106 Å². The van der Waals surface area contributed by atoms with Crippen molar-refractivity contribution in [1.82, 2.24) is 34.4 Å². The first-order valence-corrected chi connectivity index (χ1v) is 15.1. The highest BCUT2D eigenvalue weighted by Gasteiger charge is 2.28. The number of likely N-dealkylation sites (tertiary alicyclic amines) is 2. The predicted octanol–water partition coefficient (Wildman–Crippen LogP) is 4.61. The van der Waals surface area contributed by atoms with Crippen LogP contribution < -0.4 is 10.5 Å². The first-order valence-electron chi connectivity index (χ1n) is 15.1. The van der Waals surface area contributed by atoms with Crippen molar-refractivity contribution in [2.45, 2.75) is 37.8 Å². The first kappa shape index (κ1) is 28.8. The van der Waals surface area contributed by atoms with Crippen LogP contribution >= 0.6 is 0 Å². The molecule has 43 heavy (non-hydrogen) atoms. The Kier molecular flexibility index (Phi) is 8.67. The van der Waals surface area contributed by atoms with Crippen molar-refractivity contribution in [3.8, 4) is 22.8 Å². The predicted molar refractivity (Wildman–Crippen MR) is 169 cm³/mol. The zero-order valence-electron chi connectivity index (χ0n) is 25.0. The Hall–Kier alpha value is -4.28. The van der Waals surface area contributed by atoms with Crippen molar-refractivity contribution in [3.63, 3.8) is 0 Å². The van der Waals surface area contributed by atoms with Crippen molar-refractivity contribution in [1.29, 1.82) is 0 Å². The van der Waals surface area contributed by atoms with Crippen molar-refractivity contribution >= 4 is 22.8 Å². The van der Waals surface area contributed by atoms with Gasteiger partial charge in [0.2, 0.25) is 5.91 Å². The van der Waals surface area contributed by atoms with Crippen LogP contribution in [0.5, 0.6) is 11.5 Å². The van der Waals surface area contributed by atoms with Gasteiger partial charge in [0.15, 0.2) is 5.65 Å². The molecule has 10 nitrogen and oxygen atoms in total. The normalized spacial score (nSPS) is 18.6. The fourth-order valence-corrected chi connectivity index (χ4v) is 6.12. The molecule has 1 atom stereocenters. The standard InChI is InChI=1S/C33H40N8O2/c1-38-20-16-25(17-21-38)39(2)18-7-11-29(42)40-19-6-8-26(22-40)41-33-30(32(34)35-23-36-33)31(37-41)24-12-14-28(15-13-24)43-27-9-4-3-5-10-27/h3-5,7,9-15,23,25-26H,6,8,16-22H2,1-2H3,(H2,34,35,36)/b11-7+/t26-/m1/s1. The van der Waals surface area contributed by atoms with E-state index in [2.05, 4.69) is 33.9 Å². The molecule has 0 saturated carbocycles. The third kappa shape index (κ3) is 6.55. The number of benzene rings is 2. The molecule has 2 aliphatic rings. The average molecular weight is 581 g/mol. The number of aromatic nitrogens is 4. The minimum Gasteiger partial charge on any atom is -0.457 e. The van der Waals surface area contributed by atoms with Crippen LogP contribution in [-0.4, -0.2) is 93.2 Å². The van der Waals surface area contributed by atoms with Gasteiger partial charge < -0.3 is 20.3 Å². The highest BCUT2D eigenvalue weighted by Crippen LogP contribution is 2.35. The van der Waals surface area contributed by atoms with E-state index in [1.807, 2.05) is 70.3 Å². The molecular weight excluding hydrogens is 540 g/mol. The van der Waals surface area contributed by atoms with E-state index in [9.17, 15) is 4.79 Å². The number of rotatable bonds is 8. The number of nitrogens with zero attached hydrogens (tertiary/aromatic N) is 7. The maximum atomic E-state index is 13.2. The Labute approximate surface area is 252 Å². The molecule has 0 aliphatic carbocycles. The Balaban J connectivity index is 1.16. The number of amides is 1. The van der Waals surface area contributed by atoms with Gasteiger partial charge in [0.25, 0.3) is 0 Å². The summed E-state index contributed by atoms with van der Waals surface area (Å²) in [6.07, 6.45) is 9.35. The number of para-hydroxylation sites is 1. The van der Waals surface area contributed by atoms with E-state index in [1.165, 1.54) is 19.2 Å². The van der Waals surface area contributed by atoms with Crippen molar-refractivity contribution in [3.05, 3.63) is 73.1 Å². The molecule has 4 aromatic rings. The lowest BCUT2D eigenvalue weighted by atomic mass is 10.0. The lowest BCUT2D eigenvalue weighted by Crippen LogP contribution is -2.42. The highest BCUT2D eigenvalue weighted by atomic mass is 16.5. The second-order valence-corrected chi connectivity index (χ2v) is 11.6. The van der Waals surface area contributed by atoms with Gasteiger partial charge >= 0.3 is 0 Å². The van der Waals surface area contributed by atoms with Crippen LogP contribution in [0.1, 0.15) is 31.7 Å². The number of hydrogen-bond acceptors (Lipinski definition) is 8. The number of anilines is 1. The zero-order chi connectivity index (χ0) is 29.8. The average Bonchev–Trinajstić information content (AvgIpc) is 3.43. The molecule has 0 radical (unpaired) electrons. The van der Waals surface area contributed by atoms with Gasteiger partial charge in [-0.3, -0.25) is 9.69 Å². The first-order chi connectivity index (χ1) is 21.0. The molecule has 1 amide bonds. The summed E-state index contributed by atoms with van der Waals surface area (Å²) in [5, 5.41) is 5.74. The maximum absolute atomic E-state index is 13.2. The highest BCUT2D eigenvalue weighted by molar-refractivity contribution is 5.98. The third-order valence-corrected chi connectivity index (χ3v) is 8.64. The van der Waals surface area contributed by atoms with E-state index < -0.39 is 0 Å². The molecule has 0 bridgehead atoms. The van der Waals surface area contributed by atoms with E-state index in [0.717, 1.165) is 67.2 Å². The minimum atomic E-state index is -0.0146. The van der Waals surface area contributed by atoms with Crippen LogP contribution in [0.2, 0.25) is 0 Å². The molecule has 224 valence electrons. The number of likely N-dealkylation sites (N-methyl/N-ethyl adjacent to an activating group) is 1. The number of nitrogens with two attached hydrogens (primary N) is 1. The van der Waals surface area contributed by atoms with Crippen LogP contribution in [0.15, 0.2) is 73.1 Å². The van der Waals surface area contributed by atoms with Crippen molar-refractivity contribution < 1.29 is 9.53 Å². The third-order valence-electron chi connectivity index (χ3n) is 8.64. The molecule has 0 spiro atoms. The van der Waals surface area contributed by atoms with Crippen molar-refractivity contribution in [2.24, 2.45) is 0 Å². The summed E-state index contributed by atoms with van der Waals surface area (Å²) in [6, 6.07) is 18.0. The molecule has 2 aliphatic heterocycles.